The lowest BCUT2D eigenvalue weighted by atomic mass is 10.0. The number of allylic oxidation sites excluding steroid dienone is 4. The van der Waals surface area contributed by atoms with Gasteiger partial charge in [0.1, 0.15) is 0 Å². The normalized spacial score (nSPS) is 25.1. The Labute approximate surface area is 162 Å². The average Bonchev–Trinajstić information content (AvgIpc) is 3.21. The third-order valence-corrected chi connectivity index (χ3v) is 5.07. The second-order valence-electron chi connectivity index (χ2n) is 7.19. The molecule has 9 heteroatoms. The molecule has 3 atom stereocenters. The Morgan fingerprint density at radius 1 is 1.26 bits per heavy atom. The number of alkyl halides is 1. The van der Waals surface area contributed by atoms with Crippen molar-refractivity contribution in [2.75, 3.05) is 18.0 Å². The molecule has 1 fully saturated rings. The van der Waals surface area contributed by atoms with Gasteiger partial charge < -0.3 is 14.7 Å². The van der Waals surface area contributed by atoms with E-state index in [4.69, 9.17) is 16.3 Å². The van der Waals surface area contributed by atoms with Crippen molar-refractivity contribution in [1.82, 2.24) is 25.0 Å². The highest BCUT2D eigenvalue weighted by atomic mass is 35.5. The van der Waals surface area contributed by atoms with E-state index in [0.717, 1.165) is 0 Å². The number of nitrogens with zero attached hydrogens (tertiary/aromatic N) is 6. The van der Waals surface area contributed by atoms with Crippen LogP contribution < -0.4 is 9.64 Å². The van der Waals surface area contributed by atoms with E-state index >= 15 is 0 Å². The van der Waals surface area contributed by atoms with Gasteiger partial charge in [-0.15, -0.1) is 21.8 Å². The van der Waals surface area contributed by atoms with Gasteiger partial charge in [-0.3, -0.25) is 0 Å². The average molecular weight is 391 g/mol. The Morgan fingerprint density at radius 2 is 2.07 bits per heavy atom. The first kappa shape index (κ1) is 18.2. The van der Waals surface area contributed by atoms with E-state index in [-0.39, 0.29) is 29.5 Å². The van der Waals surface area contributed by atoms with Gasteiger partial charge in [0.25, 0.3) is 0 Å². The van der Waals surface area contributed by atoms with Crippen LogP contribution in [-0.4, -0.2) is 60.7 Å². The minimum atomic E-state index is -0.365. The van der Waals surface area contributed by atoms with Gasteiger partial charge in [0.05, 0.1) is 24.1 Å². The van der Waals surface area contributed by atoms with Gasteiger partial charge in [-0.05, 0) is 20.3 Å². The molecule has 27 heavy (non-hydrogen) atoms. The Morgan fingerprint density at radius 3 is 2.78 bits per heavy atom. The monoisotopic (exact) mass is 390 g/mol. The van der Waals surface area contributed by atoms with Gasteiger partial charge in [-0.2, -0.15) is 14.8 Å². The zero-order chi connectivity index (χ0) is 19.0. The fraction of sp³-hybridized carbons (Fsp3) is 0.556. The molecule has 0 aromatic carbocycles. The maximum Gasteiger partial charge on any atom is 0.320 e. The number of aliphatic hydroxyl groups excluding tert-OH is 1. The molecule has 1 saturated heterocycles. The lowest BCUT2D eigenvalue weighted by Gasteiger charge is -2.18. The minimum absolute atomic E-state index is 0.0503. The molecule has 2 aliphatic rings. The number of fused-ring (bicyclic) bond motifs is 1. The van der Waals surface area contributed by atoms with Crippen molar-refractivity contribution < 1.29 is 9.84 Å². The Kier molecular flexibility index (Phi) is 5.01. The summed E-state index contributed by atoms with van der Waals surface area (Å²) >= 11 is 6.37. The van der Waals surface area contributed by atoms with E-state index in [1.165, 1.54) is 0 Å². The summed E-state index contributed by atoms with van der Waals surface area (Å²) in [5, 5.41) is 19.0. The highest BCUT2D eigenvalue weighted by Crippen LogP contribution is 2.28. The largest absolute Gasteiger partial charge is 0.461 e. The van der Waals surface area contributed by atoms with Crippen LogP contribution in [0.3, 0.4) is 0 Å². The molecule has 0 bridgehead atoms. The summed E-state index contributed by atoms with van der Waals surface area (Å²) in [4.78, 5) is 12.6. The Balaban J connectivity index is 1.69. The maximum atomic E-state index is 9.91. The number of ether oxygens (including phenoxy) is 1. The first-order valence-electron chi connectivity index (χ1n) is 9.21. The summed E-state index contributed by atoms with van der Waals surface area (Å²) in [6.45, 7) is 5.62. The van der Waals surface area contributed by atoms with Crippen LogP contribution in [0.1, 0.15) is 20.3 Å². The summed E-state index contributed by atoms with van der Waals surface area (Å²) in [7, 11) is 0. The van der Waals surface area contributed by atoms with Crippen molar-refractivity contribution in [3.05, 3.63) is 24.3 Å². The predicted molar refractivity (Wildman–Crippen MR) is 103 cm³/mol. The molecule has 1 aliphatic carbocycles. The topological polar surface area (TPSA) is 89.2 Å². The van der Waals surface area contributed by atoms with E-state index in [0.29, 0.717) is 43.0 Å². The van der Waals surface area contributed by atoms with E-state index in [1.807, 2.05) is 37.0 Å². The summed E-state index contributed by atoms with van der Waals surface area (Å²) in [6, 6.07) is 0.275. The molecular weight excluding hydrogens is 368 g/mol. The second kappa shape index (κ2) is 7.44. The van der Waals surface area contributed by atoms with Crippen LogP contribution in [-0.2, 0) is 6.54 Å². The van der Waals surface area contributed by atoms with Gasteiger partial charge in [0.2, 0.25) is 5.65 Å². The number of rotatable bonds is 5. The standard InChI is InChI=1S/C18H23ClN6O2/c1-11(2)27-18-20-16-15(17(21-18)24-8-7-13(26)10-24)22-25(23-16)9-12-5-3-4-6-14(12)19/h3-6,11-14,26H,7-10H2,1-2H3/t12?,13-,14?/m0/s1. The number of aliphatic hydroxyl groups is 1. The zero-order valence-electron chi connectivity index (χ0n) is 15.4. The number of anilines is 1. The van der Waals surface area contributed by atoms with Crippen LogP contribution in [0.25, 0.3) is 11.2 Å². The molecule has 8 nitrogen and oxygen atoms in total. The molecule has 4 rings (SSSR count). The molecule has 0 saturated carbocycles. The second-order valence-corrected chi connectivity index (χ2v) is 7.69. The fourth-order valence-electron chi connectivity index (χ4n) is 3.29. The lowest BCUT2D eigenvalue weighted by Crippen LogP contribution is -2.23. The van der Waals surface area contributed by atoms with Crippen molar-refractivity contribution in [1.29, 1.82) is 0 Å². The quantitative estimate of drug-likeness (QED) is 0.780. The number of aromatic nitrogens is 5. The highest BCUT2D eigenvalue weighted by molar-refractivity contribution is 6.22. The van der Waals surface area contributed by atoms with Crippen molar-refractivity contribution in [2.45, 2.75) is 44.4 Å². The molecular formula is C18H23ClN6O2. The van der Waals surface area contributed by atoms with Gasteiger partial charge in [-0.1, -0.05) is 24.3 Å². The highest BCUT2D eigenvalue weighted by Gasteiger charge is 2.27. The van der Waals surface area contributed by atoms with Crippen LogP contribution in [0.2, 0.25) is 0 Å². The number of hydrogen-bond donors (Lipinski definition) is 1. The van der Waals surface area contributed by atoms with E-state index in [2.05, 4.69) is 26.2 Å². The fourth-order valence-corrected chi connectivity index (χ4v) is 3.54. The van der Waals surface area contributed by atoms with E-state index < -0.39 is 0 Å². The van der Waals surface area contributed by atoms with Crippen LogP contribution in [0.4, 0.5) is 5.82 Å². The maximum absolute atomic E-state index is 9.91. The summed E-state index contributed by atoms with van der Waals surface area (Å²) in [5.41, 5.74) is 1.10. The number of β-amino-alcohol motifs (C(OH)–C–C–N with tert-alkyl or cyclic N) is 1. The summed E-state index contributed by atoms with van der Waals surface area (Å²) in [6.07, 6.45) is 8.23. The number of halogens is 1. The molecule has 1 aliphatic heterocycles. The van der Waals surface area contributed by atoms with E-state index in [1.54, 1.807) is 4.80 Å². The van der Waals surface area contributed by atoms with Gasteiger partial charge >= 0.3 is 6.01 Å². The van der Waals surface area contributed by atoms with E-state index in [9.17, 15) is 5.11 Å². The van der Waals surface area contributed by atoms with Gasteiger partial charge in [0.15, 0.2) is 11.3 Å². The molecule has 1 N–H and O–H groups in total. The molecule has 2 aromatic rings. The van der Waals surface area contributed by atoms with Crippen LogP contribution in [0.5, 0.6) is 6.01 Å². The lowest BCUT2D eigenvalue weighted by molar-refractivity contribution is 0.198. The summed E-state index contributed by atoms with van der Waals surface area (Å²) in [5.74, 6) is 0.759. The first-order valence-corrected chi connectivity index (χ1v) is 9.65. The Bertz CT molecular complexity index is 880. The van der Waals surface area contributed by atoms with Crippen molar-refractivity contribution in [3.8, 4) is 6.01 Å². The molecule has 2 unspecified atom stereocenters. The molecule has 3 heterocycles. The third kappa shape index (κ3) is 3.91. The van der Waals surface area contributed by atoms with Crippen molar-refractivity contribution >= 4 is 28.6 Å². The first-order chi connectivity index (χ1) is 13.0. The van der Waals surface area contributed by atoms with Crippen LogP contribution in [0, 0.1) is 5.92 Å². The SMILES string of the molecule is CC(C)Oc1nc(N2CC[C@H](O)C2)c2nn(CC3C=CC=CC3Cl)nc2n1. The molecule has 144 valence electrons. The van der Waals surface area contributed by atoms with Crippen LogP contribution in [0.15, 0.2) is 24.3 Å². The van der Waals surface area contributed by atoms with Crippen LogP contribution >= 0.6 is 11.6 Å². The molecule has 2 aromatic heterocycles. The predicted octanol–water partition coefficient (Wildman–Crippen LogP) is 1.93. The molecule has 0 amide bonds. The minimum Gasteiger partial charge on any atom is -0.461 e. The van der Waals surface area contributed by atoms with Gasteiger partial charge in [-0.25, -0.2) is 0 Å². The molecule has 0 radical (unpaired) electrons. The zero-order valence-corrected chi connectivity index (χ0v) is 16.1. The van der Waals surface area contributed by atoms with Crippen molar-refractivity contribution in [3.63, 3.8) is 0 Å². The third-order valence-electron chi connectivity index (χ3n) is 4.60. The summed E-state index contributed by atoms with van der Waals surface area (Å²) < 4.78 is 5.70. The van der Waals surface area contributed by atoms with Gasteiger partial charge in [0, 0.05) is 19.0 Å². The number of hydrogen-bond acceptors (Lipinski definition) is 7. The molecule has 0 spiro atoms. The van der Waals surface area contributed by atoms with Crippen molar-refractivity contribution in [2.24, 2.45) is 5.92 Å². The Hall–Kier alpha value is -2.19. The smallest absolute Gasteiger partial charge is 0.320 e.